The van der Waals surface area contributed by atoms with E-state index in [4.69, 9.17) is 4.74 Å². The van der Waals surface area contributed by atoms with E-state index in [1.165, 1.54) is 6.07 Å². The minimum atomic E-state index is -0.282. The molecule has 6 rings (SSSR count). The van der Waals surface area contributed by atoms with Gasteiger partial charge in [-0.1, -0.05) is 24.3 Å². The Morgan fingerprint density at radius 3 is 2.57 bits per heavy atom. The first kappa shape index (κ1) is 22.9. The zero-order chi connectivity index (χ0) is 25.4. The number of nitrogens with zero attached hydrogens (tertiary/aromatic N) is 4. The fraction of sp³-hybridized carbons (Fsp3) is 0.138. The standard InChI is InChI=1S/C29H25FN6O/c1-36(2)9-10-37-20-11-19(14-31-15-20)18-7-8-26-23(12-18)29(35-34-26)27-13-22-24(16-32-17-28(22)33-27)21-5-3-4-6-25(21)30/h3-8,11-17,33H,9-10H2,1-2H3,(H,34,35). The lowest BCUT2D eigenvalue weighted by molar-refractivity contribution is 0.261. The highest BCUT2D eigenvalue weighted by atomic mass is 19.1. The number of fused-ring (bicyclic) bond motifs is 2. The van der Waals surface area contributed by atoms with Gasteiger partial charge in [-0.2, -0.15) is 5.10 Å². The molecule has 7 nitrogen and oxygen atoms in total. The molecule has 0 saturated heterocycles. The van der Waals surface area contributed by atoms with E-state index >= 15 is 0 Å². The highest BCUT2D eigenvalue weighted by Gasteiger charge is 2.16. The van der Waals surface area contributed by atoms with Crippen LogP contribution in [0.3, 0.4) is 0 Å². The van der Waals surface area contributed by atoms with Crippen LogP contribution >= 0.6 is 0 Å². The van der Waals surface area contributed by atoms with Crippen LogP contribution in [-0.4, -0.2) is 57.3 Å². The van der Waals surface area contributed by atoms with Gasteiger partial charge in [0.2, 0.25) is 0 Å². The maximum Gasteiger partial charge on any atom is 0.138 e. The third-order valence-corrected chi connectivity index (χ3v) is 6.38. The first-order valence-corrected chi connectivity index (χ1v) is 12.0. The average molecular weight is 493 g/mol. The van der Waals surface area contributed by atoms with E-state index < -0.39 is 0 Å². The molecule has 4 heterocycles. The minimum absolute atomic E-state index is 0.282. The van der Waals surface area contributed by atoms with E-state index in [2.05, 4.69) is 36.1 Å². The van der Waals surface area contributed by atoms with E-state index in [9.17, 15) is 4.39 Å². The first-order valence-electron chi connectivity index (χ1n) is 12.0. The summed E-state index contributed by atoms with van der Waals surface area (Å²) in [5.74, 6) is 0.451. The molecule has 0 aliphatic rings. The zero-order valence-electron chi connectivity index (χ0n) is 20.5. The van der Waals surface area contributed by atoms with Crippen molar-refractivity contribution in [3.05, 3.63) is 85.2 Å². The SMILES string of the molecule is CN(C)CCOc1cncc(-c2ccc3[nH]nc(-c4cc5c(-c6ccccc6F)cncc5[nH]4)c3c2)c1. The Morgan fingerprint density at radius 2 is 1.70 bits per heavy atom. The quantitative estimate of drug-likeness (QED) is 0.289. The number of benzene rings is 2. The molecule has 2 N–H and O–H groups in total. The number of likely N-dealkylation sites (N-methyl/N-ethyl adjacent to an activating group) is 1. The number of pyridine rings is 2. The molecule has 0 amide bonds. The zero-order valence-corrected chi connectivity index (χ0v) is 20.5. The molecule has 0 aliphatic carbocycles. The second kappa shape index (κ2) is 9.48. The molecule has 0 aliphatic heterocycles. The summed E-state index contributed by atoms with van der Waals surface area (Å²) in [6.45, 7) is 1.42. The molecule has 37 heavy (non-hydrogen) atoms. The topological polar surface area (TPSA) is 82.7 Å². The first-order chi connectivity index (χ1) is 18.1. The van der Waals surface area contributed by atoms with Gasteiger partial charge in [0.25, 0.3) is 0 Å². The summed E-state index contributed by atoms with van der Waals surface area (Å²) < 4.78 is 20.4. The Hall–Kier alpha value is -4.56. The molecule has 0 bridgehead atoms. The summed E-state index contributed by atoms with van der Waals surface area (Å²) >= 11 is 0. The number of aromatic amines is 2. The second-order valence-corrected chi connectivity index (χ2v) is 9.20. The van der Waals surface area contributed by atoms with Gasteiger partial charge < -0.3 is 14.6 Å². The van der Waals surface area contributed by atoms with Gasteiger partial charge in [0, 0.05) is 46.4 Å². The Morgan fingerprint density at radius 1 is 0.838 bits per heavy atom. The van der Waals surface area contributed by atoms with Gasteiger partial charge in [-0.15, -0.1) is 0 Å². The maximum atomic E-state index is 14.6. The van der Waals surface area contributed by atoms with E-state index in [1.54, 1.807) is 30.7 Å². The van der Waals surface area contributed by atoms with Gasteiger partial charge in [-0.05, 0) is 50.0 Å². The number of ether oxygens (including phenoxy) is 1. The number of H-pyrrole nitrogens is 2. The van der Waals surface area contributed by atoms with Crippen molar-refractivity contribution in [1.82, 2.24) is 30.0 Å². The van der Waals surface area contributed by atoms with Crippen molar-refractivity contribution in [2.24, 2.45) is 0 Å². The normalized spacial score (nSPS) is 11.6. The highest BCUT2D eigenvalue weighted by molar-refractivity contribution is 6.01. The molecule has 0 atom stereocenters. The summed E-state index contributed by atoms with van der Waals surface area (Å²) in [5.41, 5.74) is 6.54. The molecule has 6 aromatic rings. The fourth-order valence-corrected chi connectivity index (χ4v) is 4.47. The number of rotatable bonds is 7. The van der Waals surface area contributed by atoms with E-state index in [0.29, 0.717) is 12.2 Å². The predicted molar refractivity (Wildman–Crippen MR) is 144 cm³/mol. The van der Waals surface area contributed by atoms with Crippen LogP contribution in [0, 0.1) is 5.82 Å². The van der Waals surface area contributed by atoms with Crippen molar-refractivity contribution < 1.29 is 9.13 Å². The van der Waals surface area contributed by atoms with Crippen LogP contribution in [-0.2, 0) is 0 Å². The molecule has 8 heteroatoms. The van der Waals surface area contributed by atoms with Gasteiger partial charge in [-0.3, -0.25) is 15.1 Å². The van der Waals surface area contributed by atoms with Gasteiger partial charge in [0.15, 0.2) is 0 Å². The fourth-order valence-electron chi connectivity index (χ4n) is 4.47. The number of halogens is 1. The van der Waals surface area contributed by atoms with E-state index in [-0.39, 0.29) is 5.82 Å². The Labute approximate surface area is 213 Å². The summed E-state index contributed by atoms with van der Waals surface area (Å²) in [5, 5.41) is 9.56. The van der Waals surface area contributed by atoms with Crippen LogP contribution in [0.2, 0.25) is 0 Å². The number of hydrogen-bond acceptors (Lipinski definition) is 5. The van der Waals surface area contributed by atoms with Crippen LogP contribution in [0.1, 0.15) is 0 Å². The maximum absolute atomic E-state index is 14.6. The third-order valence-electron chi connectivity index (χ3n) is 6.38. The molecular formula is C29H25FN6O. The van der Waals surface area contributed by atoms with Crippen molar-refractivity contribution in [3.8, 4) is 39.4 Å². The van der Waals surface area contributed by atoms with Gasteiger partial charge in [-0.25, -0.2) is 4.39 Å². The second-order valence-electron chi connectivity index (χ2n) is 9.20. The summed E-state index contributed by atoms with van der Waals surface area (Å²) in [7, 11) is 4.03. The predicted octanol–water partition coefficient (Wildman–Crippen LogP) is 5.91. The van der Waals surface area contributed by atoms with Gasteiger partial charge in [0.05, 0.1) is 29.1 Å². The van der Waals surface area contributed by atoms with Crippen molar-refractivity contribution in [3.63, 3.8) is 0 Å². The van der Waals surface area contributed by atoms with Crippen molar-refractivity contribution in [1.29, 1.82) is 0 Å². The monoisotopic (exact) mass is 492 g/mol. The van der Waals surface area contributed by atoms with E-state index in [1.807, 2.05) is 50.6 Å². The summed E-state index contributed by atoms with van der Waals surface area (Å²) in [6, 6.07) is 16.9. The molecule has 0 fully saturated rings. The molecule has 4 aromatic heterocycles. The molecule has 0 radical (unpaired) electrons. The molecule has 184 valence electrons. The lowest BCUT2D eigenvalue weighted by Crippen LogP contribution is -2.19. The highest BCUT2D eigenvalue weighted by Crippen LogP contribution is 2.35. The average Bonchev–Trinajstić information content (AvgIpc) is 3.52. The Kier molecular flexibility index (Phi) is 5.86. The number of aromatic nitrogens is 5. The van der Waals surface area contributed by atoms with Crippen molar-refractivity contribution in [2.45, 2.75) is 0 Å². The van der Waals surface area contributed by atoms with Gasteiger partial charge in [0.1, 0.15) is 23.9 Å². The number of nitrogens with one attached hydrogen (secondary N) is 2. The molecule has 0 spiro atoms. The van der Waals surface area contributed by atoms with Crippen LogP contribution in [0.5, 0.6) is 5.75 Å². The van der Waals surface area contributed by atoms with E-state index in [0.717, 1.165) is 62.2 Å². The molecule has 0 unspecified atom stereocenters. The third kappa shape index (κ3) is 4.43. The summed E-state index contributed by atoms with van der Waals surface area (Å²) in [4.78, 5) is 14.2. The van der Waals surface area contributed by atoms with Crippen molar-refractivity contribution in [2.75, 3.05) is 27.2 Å². The molecule has 2 aromatic carbocycles. The van der Waals surface area contributed by atoms with Crippen molar-refractivity contribution >= 4 is 21.8 Å². The Balaban J connectivity index is 1.39. The minimum Gasteiger partial charge on any atom is -0.491 e. The van der Waals surface area contributed by atoms with Crippen LogP contribution in [0.25, 0.3) is 55.4 Å². The van der Waals surface area contributed by atoms with Crippen LogP contribution in [0.15, 0.2) is 79.4 Å². The molecule has 0 saturated carbocycles. The Bertz CT molecular complexity index is 1720. The number of hydrogen-bond donors (Lipinski definition) is 2. The molecular weight excluding hydrogens is 467 g/mol. The smallest absolute Gasteiger partial charge is 0.138 e. The lowest BCUT2D eigenvalue weighted by atomic mass is 10.0. The van der Waals surface area contributed by atoms with Gasteiger partial charge >= 0.3 is 0 Å². The van der Waals surface area contributed by atoms with Crippen LogP contribution in [0.4, 0.5) is 4.39 Å². The lowest BCUT2D eigenvalue weighted by Gasteiger charge is -2.11. The van der Waals surface area contributed by atoms with Crippen LogP contribution < -0.4 is 4.74 Å². The summed E-state index contributed by atoms with van der Waals surface area (Å²) in [6.07, 6.45) is 7.00. The largest absolute Gasteiger partial charge is 0.491 e.